The van der Waals surface area contributed by atoms with Crippen molar-refractivity contribution in [3.05, 3.63) is 69.2 Å². The van der Waals surface area contributed by atoms with Gasteiger partial charge in [0.05, 0.1) is 29.4 Å². The SMILES string of the molecule is CCn1cc(C(F)(F)F)nc1-c1ccc(CN2CC(N=[N+]=[N-])Cn3nc(-c4c(Cl)cnn4C(C)C)cc32)cc1F. The first-order valence-corrected chi connectivity index (χ1v) is 12.9. The minimum absolute atomic E-state index is 0.0318. The van der Waals surface area contributed by atoms with Crippen molar-refractivity contribution < 1.29 is 17.6 Å². The van der Waals surface area contributed by atoms with Gasteiger partial charge in [-0.05, 0) is 44.0 Å². The Kier molecular flexibility index (Phi) is 7.23. The van der Waals surface area contributed by atoms with Crippen LogP contribution in [0.1, 0.15) is 38.1 Å². The number of hydrogen-bond acceptors (Lipinski definition) is 5. The van der Waals surface area contributed by atoms with E-state index in [1.807, 2.05) is 24.8 Å². The van der Waals surface area contributed by atoms with E-state index in [4.69, 9.17) is 22.2 Å². The van der Waals surface area contributed by atoms with E-state index in [1.54, 1.807) is 28.6 Å². The lowest BCUT2D eigenvalue weighted by Crippen LogP contribution is -2.40. The summed E-state index contributed by atoms with van der Waals surface area (Å²) in [6, 6.07) is 5.81. The van der Waals surface area contributed by atoms with Gasteiger partial charge in [-0.2, -0.15) is 23.4 Å². The van der Waals surface area contributed by atoms with Gasteiger partial charge in [-0.25, -0.2) is 14.1 Å². The Morgan fingerprint density at radius 3 is 2.65 bits per heavy atom. The van der Waals surface area contributed by atoms with Crippen molar-refractivity contribution in [2.24, 2.45) is 5.11 Å². The Morgan fingerprint density at radius 2 is 2.00 bits per heavy atom. The summed E-state index contributed by atoms with van der Waals surface area (Å²) in [5.41, 5.74) is 9.75. The summed E-state index contributed by atoms with van der Waals surface area (Å²) in [7, 11) is 0. The summed E-state index contributed by atoms with van der Waals surface area (Å²) in [6.07, 6.45) is -2.20. The molecule has 0 saturated heterocycles. The van der Waals surface area contributed by atoms with E-state index in [9.17, 15) is 13.2 Å². The molecule has 210 valence electrons. The van der Waals surface area contributed by atoms with Crippen LogP contribution in [0.4, 0.5) is 23.4 Å². The lowest BCUT2D eigenvalue weighted by atomic mass is 10.1. The van der Waals surface area contributed by atoms with Gasteiger partial charge in [0, 0.05) is 42.9 Å². The molecule has 0 fully saturated rings. The van der Waals surface area contributed by atoms with Gasteiger partial charge in [-0.3, -0.25) is 4.68 Å². The predicted molar refractivity (Wildman–Crippen MR) is 141 cm³/mol. The molecule has 0 radical (unpaired) electrons. The van der Waals surface area contributed by atoms with Gasteiger partial charge in [-0.1, -0.05) is 22.8 Å². The number of anilines is 1. The molecule has 1 aliphatic heterocycles. The Balaban J connectivity index is 1.48. The average Bonchev–Trinajstić information content (AvgIpc) is 3.60. The summed E-state index contributed by atoms with van der Waals surface area (Å²) in [4.78, 5) is 8.51. The average molecular weight is 577 g/mol. The second-order valence-corrected chi connectivity index (χ2v) is 10.1. The van der Waals surface area contributed by atoms with E-state index >= 15 is 4.39 Å². The van der Waals surface area contributed by atoms with Gasteiger partial charge in [-0.15, -0.1) is 0 Å². The molecule has 1 aliphatic rings. The van der Waals surface area contributed by atoms with Gasteiger partial charge in [0.15, 0.2) is 5.69 Å². The molecule has 0 spiro atoms. The number of imidazole rings is 1. The molecule has 5 rings (SSSR count). The molecular weight excluding hydrogens is 552 g/mol. The molecule has 15 heteroatoms. The largest absolute Gasteiger partial charge is 0.434 e. The lowest BCUT2D eigenvalue weighted by Gasteiger charge is -2.33. The molecule has 0 amide bonds. The number of benzene rings is 1. The highest BCUT2D eigenvalue weighted by atomic mass is 35.5. The summed E-state index contributed by atoms with van der Waals surface area (Å²) in [5.74, 6) is -0.0774. The van der Waals surface area contributed by atoms with Crippen LogP contribution in [0.25, 0.3) is 33.2 Å². The normalized spacial score (nSPS) is 15.4. The molecule has 1 aromatic carbocycles. The first-order valence-electron chi connectivity index (χ1n) is 12.5. The van der Waals surface area contributed by atoms with Crippen molar-refractivity contribution in [3.63, 3.8) is 0 Å². The maximum atomic E-state index is 15.3. The minimum atomic E-state index is -4.64. The van der Waals surface area contributed by atoms with Gasteiger partial charge >= 0.3 is 6.18 Å². The number of hydrogen-bond donors (Lipinski definition) is 0. The summed E-state index contributed by atoms with van der Waals surface area (Å²) >= 11 is 6.44. The number of halogens is 5. The third-order valence-electron chi connectivity index (χ3n) is 6.65. The van der Waals surface area contributed by atoms with Gasteiger partial charge in [0.25, 0.3) is 0 Å². The van der Waals surface area contributed by atoms with Gasteiger partial charge < -0.3 is 9.47 Å². The van der Waals surface area contributed by atoms with Crippen LogP contribution in [0.15, 0.2) is 41.8 Å². The van der Waals surface area contributed by atoms with Crippen molar-refractivity contribution in [2.75, 3.05) is 11.4 Å². The number of aryl methyl sites for hydroxylation is 1. The quantitative estimate of drug-likeness (QED) is 0.105. The van der Waals surface area contributed by atoms with Crippen LogP contribution in [0.5, 0.6) is 0 Å². The van der Waals surface area contributed by atoms with Crippen molar-refractivity contribution in [3.8, 4) is 22.8 Å². The van der Waals surface area contributed by atoms with Crippen molar-refractivity contribution in [1.82, 2.24) is 29.1 Å². The lowest BCUT2D eigenvalue weighted by molar-refractivity contribution is -0.140. The smallest absolute Gasteiger partial charge is 0.352 e. The first kappa shape index (κ1) is 27.5. The maximum Gasteiger partial charge on any atom is 0.434 e. The number of aromatic nitrogens is 6. The molecule has 40 heavy (non-hydrogen) atoms. The third-order valence-corrected chi connectivity index (χ3v) is 6.93. The Bertz CT molecular complexity index is 1600. The van der Waals surface area contributed by atoms with Crippen LogP contribution < -0.4 is 4.90 Å². The maximum absolute atomic E-state index is 15.3. The molecule has 0 aliphatic carbocycles. The summed E-state index contributed by atoms with van der Waals surface area (Å²) in [6.45, 7) is 6.73. The van der Waals surface area contributed by atoms with E-state index in [2.05, 4.69) is 20.1 Å². The van der Waals surface area contributed by atoms with Crippen LogP contribution in [0.2, 0.25) is 5.02 Å². The standard InChI is InChI=1S/C25H25ClF4N10/c1-4-37-13-21(25(28,29)30)33-24(37)17-6-5-15(7-19(17)27)10-38-11-16(34-36-31)12-39-22(38)8-20(35-39)23-18(26)9-32-40(23)14(2)3/h5-9,13-14,16H,4,10-12H2,1-3H3. The second kappa shape index (κ2) is 10.5. The molecule has 1 atom stereocenters. The summed E-state index contributed by atoms with van der Waals surface area (Å²) < 4.78 is 59.7. The van der Waals surface area contributed by atoms with Gasteiger partial charge in [0.2, 0.25) is 0 Å². The number of alkyl halides is 3. The zero-order valence-electron chi connectivity index (χ0n) is 21.8. The molecule has 0 bridgehead atoms. The van der Waals surface area contributed by atoms with E-state index in [0.29, 0.717) is 40.9 Å². The van der Waals surface area contributed by atoms with Crippen molar-refractivity contribution in [2.45, 2.75) is 58.7 Å². The fourth-order valence-corrected chi connectivity index (χ4v) is 5.08. The number of rotatable bonds is 7. The number of fused-ring (bicyclic) bond motifs is 1. The minimum Gasteiger partial charge on any atom is -0.352 e. The number of azide groups is 1. The fraction of sp³-hybridized carbons (Fsp3) is 0.400. The Morgan fingerprint density at radius 1 is 1.23 bits per heavy atom. The molecule has 3 aromatic heterocycles. The molecule has 10 nitrogen and oxygen atoms in total. The van der Waals surface area contributed by atoms with E-state index in [1.165, 1.54) is 16.7 Å². The Hall–Kier alpha value is -4.03. The van der Waals surface area contributed by atoms with Crippen LogP contribution >= 0.6 is 11.6 Å². The monoisotopic (exact) mass is 576 g/mol. The molecule has 0 saturated carbocycles. The van der Waals surface area contributed by atoms with Crippen LogP contribution in [-0.2, 0) is 25.8 Å². The highest BCUT2D eigenvalue weighted by molar-refractivity contribution is 6.32. The predicted octanol–water partition coefficient (Wildman–Crippen LogP) is 6.72. The molecular formula is C25H25ClF4N10. The van der Waals surface area contributed by atoms with Crippen molar-refractivity contribution in [1.29, 1.82) is 0 Å². The highest BCUT2D eigenvalue weighted by Gasteiger charge is 2.35. The molecule has 1 unspecified atom stereocenters. The third kappa shape index (κ3) is 5.11. The fourth-order valence-electron chi connectivity index (χ4n) is 4.85. The topological polar surface area (TPSA) is 105 Å². The zero-order valence-corrected chi connectivity index (χ0v) is 22.6. The first-order chi connectivity index (χ1) is 19.0. The van der Waals surface area contributed by atoms with Crippen molar-refractivity contribution >= 4 is 17.4 Å². The van der Waals surface area contributed by atoms with Crippen LogP contribution in [-0.4, -0.2) is 41.7 Å². The van der Waals surface area contributed by atoms with Crippen LogP contribution in [0.3, 0.4) is 0 Å². The van der Waals surface area contributed by atoms with E-state index < -0.39 is 23.7 Å². The Labute approximate surface area is 231 Å². The van der Waals surface area contributed by atoms with E-state index in [0.717, 1.165) is 6.20 Å². The zero-order chi connectivity index (χ0) is 28.8. The molecule has 4 aromatic rings. The molecule has 0 N–H and O–H groups in total. The van der Waals surface area contributed by atoms with E-state index in [-0.39, 0.29) is 30.5 Å². The second-order valence-electron chi connectivity index (χ2n) is 9.74. The van der Waals surface area contributed by atoms with Crippen LogP contribution in [0, 0.1) is 5.82 Å². The number of nitrogens with zero attached hydrogens (tertiary/aromatic N) is 10. The highest BCUT2D eigenvalue weighted by Crippen LogP contribution is 2.35. The molecule has 4 heterocycles. The van der Waals surface area contributed by atoms with Gasteiger partial charge in [0.1, 0.15) is 28.8 Å². The summed E-state index contributed by atoms with van der Waals surface area (Å²) in [5, 5.41) is 13.4.